The topological polar surface area (TPSA) is 24.5 Å². The van der Waals surface area contributed by atoms with E-state index >= 15 is 0 Å². The first kappa shape index (κ1) is 15.3. The SMILES string of the molecule is CCN(CC)c1ccc([C@H]2COCCN2)cc1.Cl. The highest BCUT2D eigenvalue weighted by molar-refractivity contribution is 5.85. The quantitative estimate of drug-likeness (QED) is 0.910. The zero-order valence-electron chi connectivity index (χ0n) is 11.2. The van der Waals surface area contributed by atoms with Gasteiger partial charge in [0.2, 0.25) is 0 Å². The van der Waals surface area contributed by atoms with Gasteiger partial charge in [-0.3, -0.25) is 0 Å². The van der Waals surface area contributed by atoms with Crippen LogP contribution in [0, 0.1) is 0 Å². The molecule has 1 aromatic rings. The van der Waals surface area contributed by atoms with Crippen LogP contribution in [0.5, 0.6) is 0 Å². The van der Waals surface area contributed by atoms with Gasteiger partial charge in [-0.05, 0) is 31.5 Å². The van der Waals surface area contributed by atoms with Crippen LogP contribution in [0.1, 0.15) is 25.5 Å². The summed E-state index contributed by atoms with van der Waals surface area (Å²) >= 11 is 0. The summed E-state index contributed by atoms with van der Waals surface area (Å²) in [7, 11) is 0. The monoisotopic (exact) mass is 270 g/mol. The zero-order valence-corrected chi connectivity index (χ0v) is 12.0. The molecule has 2 rings (SSSR count). The Bertz CT molecular complexity index is 332. The van der Waals surface area contributed by atoms with E-state index in [0.717, 1.165) is 32.8 Å². The minimum atomic E-state index is 0. The van der Waals surface area contributed by atoms with Crippen molar-refractivity contribution in [1.82, 2.24) is 5.32 Å². The molecule has 1 fully saturated rings. The second-order valence-corrected chi connectivity index (χ2v) is 4.35. The van der Waals surface area contributed by atoms with Gasteiger partial charge in [0.1, 0.15) is 0 Å². The molecule has 0 unspecified atom stereocenters. The summed E-state index contributed by atoms with van der Waals surface area (Å²) in [5.74, 6) is 0. The number of benzene rings is 1. The van der Waals surface area contributed by atoms with E-state index < -0.39 is 0 Å². The minimum absolute atomic E-state index is 0. The minimum Gasteiger partial charge on any atom is -0.378 e. The number of hydrogen-bond donors (Lipinski definition) is 1. The molecule has 1 aromatic carbocycles. The van der Waals surface area contributed by atoms with Gasteiger partial charge < -0.3 is 15.0 Å². The first-order valence-electron chi connectivity index (χ1n) is 6.51. The fraction of sp³-hybridized carbons (Fsp3) is 0.571. The Kier molecular flexibility index (Phi) is 6.47. The average molecular weight is 271 g/mol. The Morgan fingerprint density at radius 1 is 1.22 bits per heavy atom. The van der Waals surface area contributed by atoms with E-state index in [1.165, 1.54) is 11.3 Å². The maximum absolute atomic E-state index is 5.48. The average Bonchev–Trinajstić information content (AvgIpc) is 2.42. The van der Waals surface area contributed by atoms with E-state index in [2.05, 4.69) is 48.3 Å². The van der Waals surface area contributed by atoms with Crippen LogP contribution in [-0.4, -0.2) is 32.8 Å². The summed E-state index contributed by atoms with van der Waals surface area (Å²) < 4.78 is 5.48. The van der Waals surface area contributed by atoms with Crippen LogP contribution in [-0.2, 0) is 4.74 Å². The molecule has 3 nitrogen and oxygen atoms in total. The number of anilines is 1. The normalized spacial score (nSPS) is 19.1. The van der Waals surface area contributed by atoms with Crippen molar-refractivity contribution in [3.63, 3.8) is 0 Å². The van der Waals surface area contributed by atoms with Crippen LogP contribution >= 0.6 is 12.4 Å². The molecule has 1 N–H and O–H groups in total. The lowest BCUT2D eigenvalue weighted by Gasteiger charge is -2.25. The van der Waals surface area contributed by atoms with Crippen molar-refractivity contribution in [2.45, 2.75) is 19.9 Å². The number of ether oxygens (including phenoxy) is 1. The van der Waals surface area contributed by atoms with Gasteiger partial charge in [-0.25, -0.2) is 0 Å². The Hall–Kier alpha value is -0.770. The molecule has 0 amide bonds. The molecule has 0 bridgehead atoms. The number of halogens is 1. The summed E-state index contributed by atoms with van der Waals surface area (Å²) in [4.78, 5) is 2.36. The van der Waals surface area contributed by atoms with E-state index in [1.54, 1.807) is 0 Å². The standard InChI is InChI=1S/C14H22N2O.ClH/c1-3-16(4-2)13-7-5-12(6-8-13)14-11-17-10-9-15-14;/h5-8,14-15H,3-4,9-11H2,1-2H3;1H/t14-;/m1./s1. The second kappa shape index (κ2) is 7.62. The Balaban J connectivity index is 0.00000162. The van der Waals surface area contributed by atoms with Crippen LogP contribution < -0.4 is 10.2 Å². The van der Waals surface area contributed by atoms with Crippen LogP contribution in [0.2, 0.25) is 0 Å². The molecule has 0 aliphatic carbocycles. The highest BCUT2D eigenvalue weighted by atomic mass is 35.5. The van der Waals surface area contributed by atoms with E-state index in [9.17, 15) is 0 Å². The van der Waals surface area contributed by atoms with Crippen molar-refractivity contribution in [2.24, 2.45) is 0 Å². The van der Waals surface area contributed by atoms with Crippen molar-refractivity contribution >= 4 is 18.1 Å². The lowest BCUT2D eigenvalue weighted by atomic mass is 10.1. The number of hydrogen-bond acceptors (Lipinski definition) is 3. The molecular formula is C14H23ClN2O. The fourth-order valence-corrected chi connectivity index (χ4v) is 2.29. The highest BCUT2D eigenvalue weighted by Crippen LogP contribution is 2.20. The van der Waals surface area contributed by atoms with Gasteiger partial charge in [-0.2, -0.15) is 0 Å². The van der Waals surface area contributed by atoms with Crippen LogP contribution in [0.15, 0.2) is 24.3 Å². The Labute approximate surface area is 116 Å². The molecule has 1 atom stereocenters. The summed E-state index contributed by atoms with van der Waals surface area (Å²) in [5.41, 5.74) is 2.62. The maximum Gasteiger partial charge on any atom is 0.0662 e. The molecule has 0 aromatic heterocycles. The third kappa shape index (κ3) is 3.61. The van der Waals surface area contributed by atoms with E-state index in [1.807, 2.05) is 0 Å². The molecule has 0 spiro atoms. The third-order valence-corrected chi connectivity index (χ3v) is 3.35. The molecule has 1 aliphatic rings. The molecule has 0 saturated carbocycles. The molecule has 0 radical (unpaired) electrons. The molecule has 1 aliphatic heterocycles. The number of rotatable bonds is 4. The molecule has 1 heterocycles. The molecule has 4 heteroatoms. The first-order valence-corrected chi connectivity index (χ1v) is 6.51. The summed E-state index contributed by atoms with van der Waals surface area (Å²) in [6, 6.07) is 9.19. The van der Waals surface area contributed by atoms with Gasteiger partial charge in [0.15, 0.2) is 0 Å². The molecular weight excluding hydrogens is 248 g/mol. The summed E-state index contributed by atoms with van der Waals surface area (Å²) in [5, 5.41) is 3.47. The van der Waals surface area contributed by atoms with Crippen molar-refractivity contribution in [3.05, 3.63) is 29.8 Å². The highest BCUT2D eigenvalue weighted by Gasteiger charge is 2.14. The smallest absolute Gasteiger partial charge is 0.0662 e. The Morgan fingerprint density at radius 3 is 2.39 bits per heavy atom. The molecule has 1 saturated heterocycles. The van der Waals surface area contributed by atoms with E-state index in [-0.39, 0.29) is 12.4 Å². The molecule has 18 heavy (non-hydrogen) atoms. The third-order valence-electron chi connectivity index (χ3n) is 3.35. The first-order chi connectivity index (χ1) is 8.35. The number of nitrogens with zero attached hydrogens (tertiary/aromatic N) is 1. The lowest BCUT2D eigenvalue weighted by Crippen LogP contribution is -2.34. The van der Waals surface area contributed by atoms with Gasteiger partial charge >= 0.3 is 0 Å². The van der Waals surface area contributed by atoms with E-state index in [4.69, 9.17) is 4.74 Å². The fourth-order valence-electron chi connectivity index (χ4n) is 2.29. The summed E-state index contributed by atoms with van der Waals surface area (Å²) in [6.07, 6.45) is 0. The largest absolute Gasteiger partial charge is 0.378 e. The van der Waals surface area contributed by atoms with Gasteiger partial charge in [-0.1, -0.05) is 12.1 Å². The number of morpholine rings is 1. The summed E-state index contributed by atoms with van der Waals surface area (Å²) in [6.45, 7) is 9.05. The van der Waals surface area contributed by atoms with Gasteiger partial charge in [0, 0.05) is 25.3 Å². The molecule has 102 valence electrons. The van der Waals surface area contributed by atoms with Crippen molar-refractivity contribution in [2.75, 3.05) is 37.7 Å². The second-order valence-electron chi connectivity index (χ2n) is 4.35. The zero-order chi connectivity index (χ0) is 12.1. The van der Waals surface area contributed by atoms with Gasteiger partial charge in [-0.15, -0.1) is 12.4 Å². The predicted molar refractivity (Wildman–Crippen MR) is 78.8 cm³/mol. The predicted octanol–water partition coefficient (Wildman–Crippen LogP) is 2.62. The van der Waals surface area contributed by atoms with Crippen molar-refractivity contribution in [3.8, 4) is 0 Å². The van der Waals surface area contributed by atoms with Gasteiger partial charge in [0.05, 0.1) is 19.3 Å². The Morgan fingerprint density at radius 2 is 1.89 bits per heavy atom. The van der Waals surface area contributed by atoms with Crippen LogP contribution in [0.3, 0.4) is 0 Å². The maximum atomic E-state index is 5.48. The number of nitrogens with one attached hydrogen (secondary N) is 1. The van der Waals surface area contributed by atoms with Gasteiger partial charge in [0.25, 0.3) is 0 Å². The van der Waals surface area contributed by atoms with Crippen molar-refractivity contribution in [1.29, 1.82) is 0 Å². The van der Waals surface area contributed by atoms with Crippen LogP contribution in [0.4, 0.5) is 5.69 Å². The van der Waals surface area contributed by atoms with Crippen LogP contribution in [0.25, 0.3) is 0 Å². The van der Waals surface area contributed by atoms with E-state index in [0.29, 0.717) is 6.04 Å². The van der Waals surface area contributed by atoms with Crippen molar-refractivity contribution < 1.29 is 4.74 Å². The lowest BCUT2D eigenvalue weighted by molar-refractivity contribution is 0.0769.